The highest BCUT2D eigenvalue weighted by atomic mass is 19.1. The second-order valence-corrected chi connectivity index (χ2v) is 6.95. The first-order valence-corrected chi connectivity index (χ1v) is 9.46. The van der Waals surface area contributed by atoms with Crippen LogP contribution >= 0.6 is 0 Å². The fourth-order valence-corrected chi connectivity index (χ4v) is 3.70. The van der Waals surface area contributed by atoms with Crippen molar-refractivity contribution in [2.24, 2.45) is 0 Å². The Labute approximate surface area is 163 Å². The first kappa shape index (κ1) is 18.2. The maximum absolute atomic E-state index is 14.3. The Morgan fingerprint density at radius 3 is 2.68 bits per heavy atom. The van der Waals surface area contributed by atoms with E-state index in [9.17, 15) is 9.18 Å². The smallest absolute Gasteiger partial charge is 0.228 e. The molecule has 0 spiro atoms. The first-order chi connectivity index (χ1) is 13.7. The molecule has 28 heavy (non-hydrogen) atoms. The molecule has 3 heterocycles. The number of likely N-dealkylation sites (tertiary alicyclic amines) is 1. The second kappa shape index (κ2) is 8.25. The lowest BCUT2D eigenvalue weighted by atomic mass is 9.91. The molecule has 6 heteroatoms. The molecule has 1 amide bonds. The summed E-state index contributed by atoms with van der Waals surface area (Å²) in [6.07, 6.45) is 6.97. The summed E-state index contributed by atoms with van der Waals surface area (Å²) in [5.74, 6) is -0.229. The lowest BCUT2D eigenvalue weighted by molar-refractivity contribution is -0.131. The lowest BCUT2D eigenvalue weighted by Crippen LogP contribution is -2.40. The zero-order valence-electron chi connectivity index (χ0n) is 15.5. The average Bonchev–Trinajstić information content (AvgIpc) is 2.75. The number of pyridine rings is 1. The topological polar surface area (TPSA) is 59.0 Å². The van der Waals surface area contributed by atoms with Gasteiger partial charge in [-0.15, -0.1) is 0 Å². The Balaban J connectivity index is 1.56. The van der Waals surface area contributed by atoms with Crippen molar-refractivity contribution in [2.75, 3.05) is 13.1 Å². The highest BCUT2D eigenvalue weighted by molar-refractivity contribution is 5.78. The first-order valence-electron chi connectivity index (χ1n) is 9.46. The maximum atomic E-state index is 14.3. The molecule has 0 saturated carbocycles. The zero-order valence-corrected chi connectivity index (χ0v) is 15.5. The van der Waals surface area contributed by atoms with E-state index >= 15 is 0 Å². The van der Waals surface area contributed by atoms with Crippen LogP contribution in [0.1, 0.15) is 30.1 Å². The summed E-state index contributed by atoms with van der Waals surface area (Å²) < 4.78 is 14.3. The molecule has 1 fully saturated rings. The number of hydrogen-bond donors (Lipinski definition) is 0. The molecular formula is C22H21FN4O. The number of benzene rings is 1. The van der Waals surface area contributed by atoms with Gasteiger partial charge in [0.05, 0.1) is 17.8 Å². The van der Waals surface area contributed by atoms with Crippen molar-refractivity contribution in [2.45, 2.75) is 25.2 Å². The minimum atomic E-state index is -0.317. The molecule has 1 unspecified atom stereocenters. The van der Waals surface area contributed by atoms with Gasteiger partial charge in [0, 0.05) is 48.9 Å². The van der Waals surface area contributed by atoms with Crippen molar-refractivity contribution in [1.29, 1.82) is 0 Å². The number of hydrogen-bond acceptors (Lipinski definition) is 4. The molecule has 2 aromatic heterocycles. The van der Waals surface area contributed by atoms with Crippen molar-refractivity contribution < 1.29 is 9.18 Å². The van der Waals surface area contributed by atoms with Crippen LogP contribution in [0.15, 0.2) is 61.1 Å². The van der Waals surface area contributed by atoms with Gasteiger partial charge in [-0.3, -0.25) is 19.7 Å². The Morgan fingerprint density at radius 1 is 1.04 bits per heavy atom. The molecule has 0 radical (unpaired) electrons. The number of rotatable bonds is 4. The highest BCUT2D eigenvalue weighted by Gasteiger charge is 2.28. The van der Waals surface area contributed by atoms with Gasteiger partial charge < -0.3 is 4.90 Å². The van der Waals surface area contributed by atoms with Gasteiger partial charge in [-0.2, -0.15) is 0 Å². The minimum Gasteiger partial charge on any atom is -0.342 e. The van der Waals surface area contributed by atoms with E-state index in [4.69, 9.17) is 0 Å². The van der Waals surface area contributed by atoms with Crippen molar-refractivity contribution in [3.8, 4) is 11.3 Å². The van der Waals surface area contributed by atoms with Gasteiger partial charge in [-0.1, -0.05) is 18.2 Å². The van der Waals surface area contributed by atoms with Gasteiger partial charge in [0.15, 0.2) is 0 Å². The SMILES string of the molecule is O=C(Cc1ccccn1)N1CCCC(c2nccnc2-c2ccccc2F)C1. The lowest BCUT2D eigenvalue weighted by Gasteiger charge is -2.33. The summed E-state index contributed by atoms with van der Waals surface area (Å²) in [4.78, 5) is 27.8. The van der Waals surface area contributed by atoms with E-state index < -0.39 is 0 Å². The molecule has 1 atom stereocenters. The van der Waals surface area contributed by atoms with Crippen molar-refractivity contribution in [3.05, 3.63) is 78.3 Å². The van der Waals surface area contributed by atoms with E-state index in [2.05, 4.69) is 15.0 Å². The number of piperidine rings is 1. The Bertz CT molecular complexity index is 964. The van der Waals surface area contributed by atoms with E-state index in [1.165, 1.54) is 6.07 Å². The number of amides is 1. The third kappa shape index (κ3) is 3.91. The summed E-state index contributed by atoms with van der Waals surface area (Å²) in [5, 5.41) is 0. The number of aromatic nitrogens is 3. The van der Waals surface area contributed by atoms with Gasteiger partial charge in [0.2, 0.25) is 5.91 Å². The van der Waals surface area contributed by atoms with E-state index in [1.54, 1.807) is 36.8 Å². The van der Waals surface area contributed by atoms with Crippen LogP contribution < -0.4 is 0 Å². The summed E-state index contributed by atoms with van der Waals surface area (Å²) in [5.41, 5.74) is 2.52. The number of carbonyl (C=O) groups is 1. The third-order valence-electron chi connectivity index (χ3n) is 5.07. The Kier molecular flexibility index (Phi) is 5.37. The van der Waals surface area contributed by atoms with Crippen LogP contribution in [-0.4, -0.2) is 38.8 Å². The van der Waals surface area contributed by atoms with E-state index in [0.717, 1.165) is 30.8 Å². The largest absolute Gasteiger partial charge is 0.342 e. The van der Waals surface area contributed by atoms with Crippen molar-refractivity contribution >= 4 is 5.91 Å². The quantitative estimate of drug-likeness (QED) is 0.698. The highest BCUT2D eigenvalue weighted by Crippen LogP contribution is 2.32. The molecule has 5 nitrogen and oxygen atoms in total. The third-order valence-corrected chi connectivity index (χ3v) is 5.07. The minimum absolute atomic E-state index is 0.0322. The fraction of sp³-hybridized carbons (Fsp3) is 0.273. The van der Waals surface area contributed by atoms with Gasteiger partial charge in [0.1, 0.15) is 5.82 Å². The molecule has 0 N–H and O–H groups in total. The average molecular weight is 376 g/mol. The van der Waals surface area contributed by atoms with Crippen molar-refractivity contribution in [1.82, 2.24) is 19.9 Å². The van der Waals surface area contributed by atoms with Crippen LogP contribution in [-0.2, 0) is 11.2 Å². The van der Waals surface area contributed by atoms with Gasteiger partial charge >= 0.3 is 0 Å². The van der Waals surface area contributed by atoms with E-state index in [-0.39, 0.29) is 24.1 Å². The summed E-state index contributed by atoms with van der Waals surface area (Å²) in [6.45, 7) is 1.28. The molecule has 4 rings (SSSR count). The van der Waals surface area contributed by atoms with Gasteiger partial charge in [0.25, 0.3) is 0 Å². The predicted octanol–water partition coefficient (Wildman–Crippen LogP) is 3.63. The molecule has 1 saturated heterocycles. The van der Waals surface area contributed by atoms with Crippen LogP contribution in [0.2, 0.25) is 0 Å². The summed E-state index contributed by atoms with van der Waals surface area (Å²) in [6, 6.07) is 12.2. The molecule has 3 aromatic rings. The molecule has 0 aliphatic carbocycles. The molecule has 1 aliphatic rings. The van der Waals surface area contributed by atoms with Crippen LogP contribution in [0.5, 0.6) is 0 Å². The Morgan fingerprint density at radius 2 is 1.86 bits per heavy atom. The van der Waals surface area contributed by atoms with Crippen LogP contribution in [0.25, 0.3) is 11.3 Å². The summed E-state index contributed by atoms with van der Waals surface area (Å²) in [7, 11) is 0. The predicted molar refractivity (Wildman–Crippen MR) is 104 cm³/mol. The molecular weight excluding hydrogens is 355 g/mol. The van der Waals surface area contributed by atoms with E-state index in [1.807, 2.05) is 23.1 Å². The van der Waals surface area contributed by atoms with Crippen LogP contribution in [0.3, 0.4) is 0 Å². The van der Waals surface area contributed by atoms with E-state index in [0.29, 0.717) is 17.8 Å². The normalized spacial score (nSPS) is 16.8. The van der Waals surface area contributed by atoms with Crippen LogP contribution in [0, 0.1) is 5.82 Å². The molecule has 142 valence electrons. The molecule has 0 bridgehead atoms. The zero-order chi connectivity index (χ0) is 19.3. The van der Waals surface area contributed by atoms with Gasteiger partial charge in [-0.25, -0.2) is 4.39 Å². The second-order valence-electron chi connectivity index (χ2n) is 6.95. The maximum Gasteiger partial charge on any atom is 0.228 e. The summed E-state index contributed by atoms with van der Waals surface area (Å²) >= 11 is 0. The standard InChI is InChI=1S/C22H21FN4O/c23-19-9-2-1-8-18(19)22-21(25-11-12-26-22)16-6-5-13-27(15-16)20(28)14-17-7-3-4-10-24-17/h1-4,7-12,16H,5-6,13-15H2. The molecule has 1 aromatic carbocycles. The molecule has 1 aliphatic heterocycles. The van der Waals surface area contributed by atoms with Gasteiger partial charge in [-0.05, 0) is 37.1 Å². The van der Waals surface area contributed by atoms with Crippen molar-refractivity contribution in [3.63, 3.8) is 0 Å². The monoisotopic (exact) mass is 376 g/mol. The number of halogens is 1. The number of nitrogens with zero attached hydrogens (tertiary/aromatic N) is 4. The fourth-order valence-electron chi connectivity index (χ4n) is 3.70. The Hall–Kier alpha value is -3.15. The van der Waals surface area contributed by atoms with Crippen LogP contribution in [0.4, 0.5) is 4.39 Å². The number of carbonyl (C=O) groups excluding carboxylic acids is 1.